The number of sulfonamides is 1. The molecule has 1 fully saturated rings. The van der Waals surface area contributed by atoms with E-state index in [0.29, 0.717) is 43.3 Å². The third-order valence-electron chi connectivity index (χ3n) is 6.05. The summed E-state index contributed by atoms with van der Waals surface area (Å²) < 4.78 is 31.1. The van der Waals surface area contributed by atoms with Crippen LogP contribution >= 0.6 is 0 Å². The molecule has 31 heavy (non-hydrogen) atoms. The number of para-hydroxylation sites is 1. The van der Waals surface area contributed by atoms with Gasteiger partial charge in [-0.25, -0.2) is 8.42 Å². The summed E-state index contributed by atoms with van der Waals surface area (Å²) in [6, 6.07) is 9.65. The molecule has 1 unspecified atom stereocenters. The molecule has 8 nitrogen and oxygen atoms in total. The van der Waals surface area contributed by atoms with Gasteiger partial charge in [0.25, 0.3) is 0 Å². The van der Waals surface area contributed by atoms with Crippen LogP contribution in [0.3, 0.4) is 0 Å². The van der Waals surface area contributed by atoms with Crippen LogP contribution in [0.5, 0.6) is 0 Å². The molecular weight excluding hydrogens is 414 g/mol. The van der Waals surface area contributed by atoms with E-state index in [1.807, 2.05) is 29.0 Å². The smallest absolute Gasteiger partial charge is 0.243 e. The van der Waals surface area contributed by atoms with Crippen molar-refractivity contribution in [1.82, 2.24) is 19.2 Å². The highest BCUT2D eigenvalue weighted by molar-refractivity contribution is 7.89. The van der Waals surface area contributed by atoms with Crippen LogP contribution in [0.15, 0.2) is 53.7 Å². The molecule has 1 aromatic carbocycles. The van der Waals surface area contributed by atoms with Crippen molar-refractivity contribution in [3.05, 3.63) is 48.8 Å². The summed E-state index contributed by atoms with van der Waals surface area (Å²) in [6.07, 6.45) is 5.70. The minimum atomic E-state index is -3.92. The van der Waals surface area contributed by atoms with Crippen LogP contribution in [0.4, 0.5) is 5.82 Å². The zero-order valence-corrected chi connectivity index (χ0v) is 18.4. The number of H-pyrrole nitrogens is 1. The molecule has 4 N–H and O–H groups in total. The van der Waals surface area contributed by atoms with Crippen LogP contribution in [-0.2, 0) is 21.4 Å². The molecule has 4 rings (SSSR count). The number of nitrogens with two attached hydrogens (primary N) is 1. The second kappa shape index (κ2) is 8.76. The van der Waals surface area contributed by atoms with Crippen molar-refractivity contribution in [2.75, 3.05) is 18.8 Å². The Balaban J connectivity index is 1.59. The quantitative estimate of drug-likeness (QED) is 0.521. The Kier molecular flexibility index (Phi) is 6.06. The first kappa shape index (κ1) is 21.5. The van der Waals surface area contributed by atoms with Gasteiger partial charge in [0.15, 0.2) is 0 Å². The predicted octanol–water partition coefficient (Wildman–Crippen LogP) is 2.55. The number of amides is 1. The number of hydrogen-bond acceptors (Lipinski definition) is 4. The molecule has 3 heterocycles. The van der Waals surface area contributed by atoms with Gasteiger partial charge in [-0.1, -0.05) is 19.1 Å². The summed E-state index contributed by atoms with van der Waals surface area (Å²) in [7, 11) is -3.92. The van der Waals surface area contributed by atoms with Crippen molar-refractivity contribution in [2.24, 2.45) is 5.92 Å². The topological polar surface area (TPSA) is 113 Å². The number of likely N-dealkylation sites (tertiary alicyclic amines) is 1. The molecule has 1 saturated heterocycles. The summed E-state index contributed by atoms with van der Waals surface area (Å²) in [6.45, 7) is 3.91. The Morgan fingerprint density at radius 3 is 2.71 bits per heavy atom. The Bertz CT molecular complexity index is 1160. The fraction of sp³-hybridized carbons (Fsp3) is 0.409. The zero-order chi connectivity index (χ0) is 22.0. The molecule has 166 valence electrons. The largest absolute Gasteiger partial charge is 0.385 e. The van der Waals surface area contributed by atoms with Gasteiger partial charge in [0.1, 0.15) is 16.8 Å². The van der Waals surface area contributed by atoms with Gasteiger partial charge in [-0.3, -0.25) is 4.79 Å². The summed E-state index contributed by atoms with van der Waals surface area (Å²) >= 11 is 0. The van der Waals surface area contributed by atoms with Crippen LogP contribution in [0, 0.1) is 5.92 Å². The zero-order valence-electron chi connectivity index (χ0n) is 17.6. The summed E-state index contributed by atoms with van der Waals surface area (Å²) in [5.41, 5.74) is 6.48. The molecule has 3 aromatic rings. The number of nitrogens with zero attached hydrogens (tertiary/aromatic N) is 2. The van der Waals surface area contributed by atoms with E-state index in [2.05, 4.69) is 16.6 Å². The summed E-state index contributed by atoms with van der Waals surface area (Å²) in [5.74, 6) is 0.973. The minimum absolute atomic E-state index is 0.139. The first-order chi connectivity index (χ1) is 14.8. The highest BCUT2D eigenvalue weighted by Gasteiger charge is 2.31. The van der Waals surface area contributed by atoms with E-state index in [-0.39, 0.29) is 10.8 Å². The number of anilines is 1. The van der Waals surface area contributed by atoms with E-state index < -0.39 is 16.1 Å². The second-order valence-corrected chi connectivity index (χ2v) is 9.98. The lowest BCUT2D eigenvalue weighted by Gasteiger charge is -2.33. The number of hydrogen-bond donors (Lipinski definition) is 3. The van der Waals surface area contributed by atoms with Gasteiger partial charge in [0.2, 0.25) is 15.9 Å². The summed E-state index contributed by atoms with van der Waals surface area (Å²) in [4.78, 5) is 18.2. The third-order valence-corrected chi connectivity index (χ3v) is 7.57. The van der Waals surface area contributed by atoms with Gasteiger partial charge in [-0.2, -0.15) is 4.72 Å². The Morgan fingerprint density at radius 2 is 2.00 bits per heavy atom. The third kappa shape index (κ3) is 4.62. The first-order valence-electron chi connectivity index (χ1n) is 10.6. The Labute approximate surface area is 182 Å². The SMILES string of the molecule is CC1CCN(C(=O)C(CCn2cccc2N)NS(=O)(=O)c2cccc3cc[nH]c23)CC1. The van der Waals surface area contributed by atoms with Crippen molar-refractivity contribution in [3.8, 4) is 0 Å². The molecule has 0 aliphatic carbocycles. The predicted molar refractivity (Wildman–Crippen MR) is 121 cm³/mol. The molecule has 0 bridgehead atoms. The molecule has 1 atom stereocenters. The number of piperidine rings is 1. The Morgan fingerprint density at radius 1 is 1.23 bits per heavy atom. The van der Waals surface area contributed by atoms with Gasteiger partial charge in [-0.15, -0.1) is 0 Å². The summed E-state index contributed by atoms with van der Waals surface area (Å²) in [5, 5.41) is 0.802. The van der Waals surface area contributed by atoms with Crippen LogP contribution in [0.1, 0.15) is 26.2 Å². The number of carbonyl (C=O) groups is 1. The lowest BCUT2D eigenvalue weighted by atomic mass is 9.98. The molecule has 0 saturated carbocycles. The second-order valence-electron chi connectivity index (χ2n) is 8.29. The lowest BCUT2D eigenvalue weighted by molar-refractivity contribution is -0.134. The molecule has 2 aromatic heterocycles. The van der Waals surface area contributed by atoms with E-state index >= 15 is 0 Å². The number of carbonyl (C=O) groups excluding carboxylic acids is 1. The number of aromatic amines is 1. The fourth-order valence-corrected chi connectivity index (χ4v) is 5.54. The van der Waals surface area contributed by atoms with Gasteiger partial charge < -0.3 is 20.2 Å². The average molecular weight is 444 g/mol. The van der Waals surface area contributed by atoms with Gasteiger partial charge in [-0.05, 0) is 49.4 Å². The van der Waals surface area contributed by atoms with Gasteiger partial charge in [0.05, 0.1) is 5.52 Å². The maximum Gasteiger partial charge on any atom is 0.243 e. The van der Waals surface area contributed by atoms with Crippen molar-refractivity contribution < 1.29 is 13.2 Å². The fourth-order valence-electron chi connectivity index (χ4n) is 4.11. The van der Waals surface area contributed by atoms with Gasteiger partial charge >= 0.3 is 0 Å². The van der Waals surface area contributed by atoms with E-state index in [1.165, 1.54) is 0 Å². The lowest BCUT2D eigenvalue weighted by Crippen LogP contribution is -2.50. The number of aromatic nitrogens is 2. The van der Waals surface area contributed by atoms with Crippen LogP contribution in [0.25, 0.3) is 10.9 Å². The molecule has 1 amide bonds. The van der Waals surface area contributed by atoms with Gasteiger partial charge in [0, 0.05) is 37.4 Å². The molecule has 9 heteroatoms. The van der Waals surface area contributed by atoms with E-state index in [0.717, 1.165) is 18.2 Å². The molecule has 0 radical (unpaired) electrons. The van der Waals surface area contributed by atoms with Crippen molar-refractivity contribution in [1.29, 1.82) is 0 Å². The maximum absolute atomic E-state index is 13.3. The number of fused-ring (bicyclic) bond motifs is 1. The molecule has 1 aliphatic heterocycles. The number of rotatable bonds is 7. The van der Waals surface area contributed by atoms with E-state index in [9.17, 15) is 13.2 Å². The maximum atomic E-state index is 13.3. The van der Waals surface area contributed by atoms with Crippen LogP contribution < -0.4 is 10.5 Å². The van der Waals surface area contributed by atoms with Crippen LogP contribution in [-0.4, -0.2) is 47.9 Å². The van der Waals surface area contributed by atoms with E-state index in [4.69, 9.17) is 5.73 Å². The van der Waals surface area contributed by atoms with Crippen molar-refractivity contribution >= 4 is 32.7 Å². The highest BCUT2D eigenvalue weighted by atomic mass is 32.2. The Hall–Kier alpha value is -2.78. The first-order valence-corrected chi connectivity index (χ1v) is 12.1. The van der Waals surface area contributed by atoms with Crippen molar-refractivity contribution in [2.45, 2.75) is 43.7 Å². The number of nitrogens with one attached hydrogen (secondary N) is 2. The molecule has 1 aliphatic rings. The normalized spacial score (nSPS) is 16.6. The van der Waals surface area contributed by atoms with Crippen LogP contribution in [0.2, 0.25) is 0 Å². The standard InChI is InChI=1S/C22H29N5O3S/c1-16-8-13-27(14-9-16)22(28)18(10-15-26-12-3-6-20(26)23)25-31(29,30)19-5-2-4-17-7-11-24-21(17)19/h2-7,11-12,16,18,24-25H,8-10,13-15,23H2,1H3. The monoisotopic (exact) mass is 443 g/mol. The molecule has 0 spiro atoms. The highest BCUT2D eigenvalue weighted by Crippen LogP contribution is 2.23. The number of nitrogen functional groups attached to an aromatic ring is 1. The van der Waals surface area contributed by atoms with Crippen molar-refractivity contribution in [3.63, 3.8) is 0 Å². The van der Waals surface area contributed by atoms with E-state index in [1.54, 1.807) is 29.3 Å². The number of benzene rings is 1. The minimum Gasteiger partial charge on any atom is -0.385 e. The average Bonchev–Trinajstić information content (AvgIpc) is 3.39. The number of aryl methyl sites for hydroxylation is 1. The molecular formula is C22H29N5O3S.